The predicted octanol–water partition coefficient (Wildman–Crippen LogP) is 1.04. The van der Waals surface area contributed by atoms with Crippen molar-refractivity contribution in [3.63, 3.8) is 0 Å². The molecule has 2 heterocycles. The summed E-state index contributed by atoms with van der Waals surface area (Å²) < 4.78 is 8.97. The van der Waals surface area contributed by atoms with Crippen molar-refractivity contribution in [2.45, 2.75) is 13.5 Å². The maximum Gasteiger partial charge on any atom is 0.130 e. The molecule has 18 heavy (non-hydrogen) atoms. The third kappa shape index (κ3) is 3.06. The average molecular weight is 265 g/mol. The van der Waals surface area contributed by atoms with Gasteiger partial charge in [-0.15, -0.1) is 5.10 Å². The summed E-state index contributed by atoms with van der Waals surface area (Å²) in [6, 6.07) is 0. The molecule has 0 aliphatic heterocycles. The second-order valence-corrected chi connectivity index (χ2v) is 4.54. The van der Waals surface area contributed by atoms with Crippen LogP contribution in [0.2, 0.25) is 0 Å². The van der Waals surface area contributed by atoms with E-state index in [1.807, 2.05) is 6.92 Å². The Morgan fingerprint density at radius 1 is 1.28 bits per heavy atom. The van der Waals surface area contributed by atoms with Crippen LogP contribution in [0.5, 0.6) is 0 Å². The summed E-state index contributed by atoms with van der Waals surface area (Å²) in [6.45, 7) is 4.12. The monoisotopic (exact) mass is 265 g/mol. The topological polar surface area (TPSA) is 72.8 Å². The van der Waals surface area contributed by atoms with Gasteiger partial charge in [0, 0.05) is 32.6 Å². The first-order chi connectivity index (χ1) is 8.83. The first-order valence-electron chi connectivity index (χ1n) is 5.61. The van der Waals surface area contributed by atoms with Crippen molar-refractivity contribution in [3.05, 3.63) is 23.0 Å². The first kappa shape index (κ1) is 13.0. The molecule has 0 radical (unpaired) electrons. The van der Waals surface area contributed by atoms with Crippen LogP contribution in [-0.4, -0.2) is 39.8 Å². The van der Waals surface area contributed by atoms with Crippen LogP contribution in [0.1, 0.15) is 10.6 Å². The molecule has 0 aliphatic carbocycles. The smallest absolute Gasteiger partial charge is 0.130 e. The average Bonchev–Trinajstić information content (AvgIpc) is 2.83. The van der Waals surface area contributed by atoms with Crippen molar-refractivity contribution < 1.29 is 4.74 Å². The zero-order valence-electron chi connectivity index (χ0n) is 10.4. The molecule has 2 aromatic heterocycles. The van der Waals surface area contributed by atoms with Gasteiger partial charge in [0.25, 0.3) is 0 Å². The van der Waals surface area contributed by atoms with Gasteiger partial charge in [0.1, 0.15) is 11.4 Å². The summed E-state index contributed by atoms with van der Waals surface area (Å²) in [4.78, 5) is 9.60. The molecule has 0 atom stereocenters. The molecule has 0 aliphatic rings. The number of hydrogen-bond donors (Lipinski definition) is 1. The molecule has 0 spiro atoms. The van der Waals surface area contributed by atoms with E-state index in [0.29, 0.717) is 13.2 Å². The second-order valence-electron chi connectivity index (χ2n) is 3.70. The molecule has 0 bridgehead atoms. The Labute approximate surface area is 110 Å². The highest BCUT2D eigenvalue weighted by Crippen LogP contribution is 2.23. The van der Waals surface area contributed by atoms with E-state index in [1.54, 1.807) is 19.5 Å². The van der Waals surface area contributed by atoms with Crippen molar-refractivity contribution in [2.24, 2.45) is 0 Å². The molecule has 0 aromatic carbocycles. The van der Waals surface area contributed by atoms with Gasteiger partial charge in [-0.25, -0.2) is 0 Å². The minimum absolute atomic E-state index is 0.686. The number of nitrogens with one attached hydrogen (secondary N) is 1. The Kier molecular flexibility index (Phi) is 4.68. The lowest BCUT2D eigenvalue weighted by Crippen LogP contribution is -2.18. The van der Waals surface area contributed by atoms with Crippen LogP contribution in [0.25, 0.3) is 11.4 Å². The summed E-state index contributed by atoms with van der Waals surface area (Å²) in [5.41, 5.74) is 2.48. The lowest BCUT2D eigenvalue weighted by Gasteiger charge is -2.04. The SMILES string of the molecule is COCCNCc1snnc1-c1nccnc1C. The van der Waals surface area contributed by atoms with E-state index in [-0.39, 0.29) is 0 Å². The minimum Gasteiger partial charge on any atom is -0.383 e. The minimum atomic E-state index is 0.686. The van der Waals surface area contributed by atoms with Crippen molar-refractivity contribution in [3.8, 4) is 11.4 Å². The summed E-state index contributed by atoms with van der Waals surface area (Å²) >= 11 is 1.38. The Hall–Kier alpha value is -1.44. The van der Waals surface area contributed by atoms with Crippen LogP contribution in [-0.2, 0) is 11.3 Å². The van der Waals surface area contributed by atoms with E-state index < -0.39 is 0 Å². The number of rotatable bonds is 6. The third-order valence-electron chi connectivity index (χ3n) is 2.43. The van der Waals surface area contributed by atoms with Crippen LogP contribution < -0.4 is 5.32 Å². The Morgan fingerprint density at radius 3 is 2.89 bits per heavy atom. The highest BCUT2D eigenvalue weighted by molar-refractivity contribution is 7.05. The van der Waals surface area contributed by atoms with Gasteiger partial charge < -0.3 is 10.1 Å². The summed E-state index contributed by atoms with van der Waals surface area (Å²) in [7, 11) is 1.68. The summed E-state index contributed by atoms with van der Waals surface area (Å²) in [5.74, 6) is 0. The molecule has 0 amide bonds. The van der Waals surface area contributed by atoms with E-state index in [0.717, 1.165) is 28.5 Å². The second kappa shape index (κ2) is 6.48. The zero-order valence-corrected chi connectivity index (χ0v) is 11.2. The van der Waals surface area contributed by atoms with Crippen LogP contribution in [0, 0.1) is 6.92 Å². The molecule has 0 unspecified atom stereocenters. The van der Waals surface area contributed by atoms with Crippen LogP contribution >= 0.6 is 11.5 Å². The standard InChI is InChI=1S/C11H15N5OS/c1-8-10(14-4-3-13-8)11-9(18-16-15-11)7-12-5-6-17-2/h3-4,12H,5-7H2,1-2H3. The predicted molar refractivity (Wildman–Crippen MR) is 69.3 cm³/mol. The van der Waals surface area contributed by atoms with Gasteiger partial charge in [0.2, 0.25) is 0 Å². The van der Waals surface area contributed by atoms with Gasteiger partial charge in [0.15, 0.2) is 0 Å². The van der Waals surface area contributed by atoms with Gasteiger partial charge in [-0.1, -0.05) is 4.49 Å². The van der Waals surface area contributed by atoms with E-state index in [1.165, 1.54) is 11.5 Å². The molecule has 0 fully saturated rings. The van der Waals surface area contributed by atoms with Gasteiger partial charge >= 0.3 is 0 Å². The molecule has 96 valence electrons. The van der Waals surface area contributed by atoms with Gasteiger partial charge in [0.05, 0.1) is 17.2 Å². The normalized spacial score (nSPS) is 10.8. The molecular formula is C11H15N5OS. The van der Waals surface area contributed by atoms with Crippen molar-refractivity contribution >= 4 is 11.5 Å². The lowest BCUT2D eigenvalue weighted by molar-refractivity contribution is 0.199. The van der Waals surface area contributed by atoms with Gasteiger partial charge in [-0.2, -0.15) is 0 Å². The number of ether oxygens (including phenoxy) is 1. The molecule has 0 saturated heterocycles. The largest absolute Gasteiger partial charge is 0.383 e. The van der Waals surface area contributed by atoms with E-state index in [9.17, 15) is 0 Å². The fraction of sp³-hybridized carbons (Fsp3) is 0.455. The fourth-order valence-corrected chi connectivity index (χ4v) is 2.13. The fourth-order valence-electron chi connectivity index (χ4n) is 1.52. The zero-order chi connectivity index (χ0) is 12.8. The molecule has 6 nitrogen and oxygen atoms in total. The maximum atomic E-state index is 4.98. The Morgan fingerprint density at radius 2 is 2.11 bits per heavy atom. The molecule has 0 saturated carbocycles. The summed E-state index contributed by atoms with van der Waals surface area (Å²) in [6.07, 6.45) is 3.35. The van der Waals surface area contributed by atoms with Crippen LogP contribution in [0.4, 0.5) is 0 Å². The van der Waals surface area contributed by atoms with Crippen molar-refractivity contribution in [1.29, 1.82) is 0 Å². The van der Waals surface area contributed by atoms with Crippen molar-refractivity contribution in [2.75, 3.05) is 20.3 Å². The molecule has 2 rings (SSSR count). The number of hydrogen-bond acceptors (Lipinski definition) is 7. The van der Waals surface area contributed by atoms with E-state index in [4.69, 9.17) is 4.74 Å². The number of aryl methyl sites for hydroxylation is 1. The molecule has 1 N–H and O–H groups in total. The quantitative estimate of drug-likeness (QED) is 0.787. The Bertz CT molecular complexity index is 502. The molecule has 2 aromatic rings. The Balaban J connectivity index is 2.10. The number of aromatic nitrogens is 4. The maximum absolute atomic E-state index is 4.98. The lowest BCUT2D eigenvalue weighted by atomic mass is 10.2. The van der Waals surface area contributed by atoms with Gasteiger partial charge in [-0.3, -0.25) is 9.97 Å². The summed E-state index contributed by atoms with van der Waals surface area (Å²) in [5, 5.41) is 7.42. The number of methoxy groups -OCH3 is 1. The van der Waals surface area contributed by atoms with Gasteiger partial charge in [-0.05, 0) is 18.5 Å². The van der Waals surface area contributed by atoms with Crippen LogP contribution in [0.3, 0.4) is 0 Å². The molecular weight excluding hydrogens is 250 g/mol. The highest BCUT2D eigenvalue weighted by Gasteiger charge is 2.13. The van der Waals surface area contributed by atoms with Crippen molar-refractivity contribution in [1.82, 2.24) is 24.9 Å². The third-order valence-corrected chi connectivity index (χ3v) is 3.15. The number of nitrogens with zero attached hydrogens (tertiary/aromatic N) is 4. The molecule has 7 heteroatoms. The first-order valence-corrected chi connectivity index (χ1v) is 6.39. The van der Waals surface area contributed by atoms with E-state index in [2.05, 4.69) is 24.9 Å². The van der Waals surface area contributed by atoms with E-state index >= 15 is 0 Å². The highest BCUT2D eigenvalue weighted by atomic mass is 32.1. The van der Waals surface area contributed by atoms with Crippen LogP contribution in [0.15, 0.2) is 12.4 Å².